The van der Waals surface area contributed by atoms with Gasteiger partial charge in [-0.1, -0.05) is 48.5 Å². The van der Waals surface area contributed by atoms with Crippen LogP contribution in [0.15, 0.2) is 82.4 Å². The average molecular weight is 658 g/mol. The van der Waals surface area contributed by atoms with E-state index in [1.165, 1.54) is 0 Å². The van der Waals surface area contributed by atoms with E-state index in [0.29, 0.717) is 28.1 Å². The summed E-state index contributed by atoms with van der Waals surface area (Å²) in [4.78, 5) is 29.4. The van der Waals surface area contributed by atoms with Gasteiger partial charge in [0.1, 0.15) is 5.75 Å². The number of nitrogens with zero attached hydrogens (tertiary/aromatic N) is 2. The summed E-state index contributed by atoms with van der Waals surface area (Å²) in [5, 5.41) is 4.89. The van der Waals surface area contributed by atoms with E-state index >= 15 is 0 Å². The van der Waals surface area contributed by atoms with Gasteiger partial charge in [-0.25, -0.2) is 15.2 Å². The summed E-state index contributed by atoms with van der Waals surface area (Å²) in [7, 11) is 0. The van der Waals surface area contributed by atoms with Crippen molar-refractivity contribution >= 4 is 67.5 Å². The SMILES string of the molecule is CCOC(=O)COc1c(Br)cc(/C=N/NC(=O)c2cc(-c3ccccc3)nc3ccccc23)cc1I. The predicted octanol–water partition coefficient (Wildman–Crippen LogP) is 5.97. The number of ether oxygens (including phenoxy) is 2. The first-order valence-corrected chi connectivity index (χ1v) is 12.9. The highest BCUT2D eigenvalue weighted by Crippen LogP contribution is 2.31. The molecular weight excluding hydrogens is 637 g/mol. The van der Waals surface area contributed by atoms with Crippen LogP contribution in [0.4, 0.5) is 0 Å². The summed E-state index contributed by atoms with van der Waals surface area (Å²) in [5.41, 5.74) is 6.19. The molecule has 0 unspecified atom stereocenters. The molecule has 0 spiro atoms. The zero-order valence-electron chi connectivity index (χ0n) is 19.2. The Morgan fingerprint density at radius 3 is 2.58 bits per heavy atom. The van der Waals surface area contributed by atoms with Crippen molar-refractivity contribution in [1.82, 2.24) is 10.4 Å². The minimum Gasteiger partial charge on any atom is -0.480 e. The highest BCUT2D eigenvalue weighted by Gasteiger charge is 2.14. The number of rotatable bonds is 8. The maximum absolute atomic E-state index is 13.1. The maximum atomic E-state index is 13.1. The third-order valence-corrected chi connectivity index (χ3v) is 6.46. The lowest BCUT2D eigenvalue weighted by Gasteiger charge is -2.11. The van der Waals surface area contributed by atoms with E-state index in [9.17, 15) is 9.59 Å². The zero-order valence-corrected chi connectivity index (χ0v) is 22.9. The number of pyridine rings is 1. The number of aromatic nitrogens is 1. The Kier molecular flexibility index (Phi) is 8.65. The number of fused-ring (bicyclic) bond motifs is 1. The molecule has 4 aromatic rings. The largest absolute Gasteiger partial charge is 0.480 e. The molecule has 0 atom stereocenters. The van der Waals surface area contributed by atoms with E-state index in [4.69, 9.17) is 14.5 Å². The first-order chi connectivity index (χ1) is 17.5. The van der Waals surface area contributed by atoms with Crippen LogP contribution in [0.2, 0.25) is 0 Å². The van der Waals surface area contributed by atoms with Crippen molar-refractivity contribution in [3.8, 4) is 17.0 Å². The number of hydrazone groups is 1. The van der Waals surface area contributed by atoms with Gasteiger partial charge >= 0.3 is 5.97 Å². The van der Waals surface area contributed by atoms with Crippen LogP contribution in [0.25, 0.3) is 22.2 Å². The van der Waals surface area contributed by atoms with Crippen molar-refractivity contribution in [3.63, 3.8) is 0 Å². The van der Waals surface area contributed by atoms with E-state index in [-0.39, 0.29) is 12.5 Å². The van der Waals surface area contributed by atoms with Crippen LogP contribution in [-0.2, 0) is 9.53 Å². The van der Waals surface area contributed by atoms with Crippen molar-refractivity contribution in [2.45, 2.75) is 6.92 Å². The van der Waals surface area contributed by atoms with Crippen LogP contribution in [0.1, 0.15) is 22.8 Å². The molecule has 0 saturated heterocycles. The fourth-order valence-corrected chi connectivity index (χ4v) is 5.24. The van der Waals surface area contributed by atoms with Crippen LogP contribution in [0.3, 0.4) is 0 Å². The highest BCUT2D eigenvalue weighted by molar-refractivity contribution is 14.1. The van der Waals surface area contributed by atoms with E-state index in [1.807, 2.05) is 60.7 Å². The summed E-state index contributed by atoms with van der Waals surface area (Å²) in [6.07, 6.45) is 1.54. The van der Waals surface area contributed by atoms with Gasteiger partial charge < -0.3 is 9.47 Å². The predicted molar refractivity (Wildman–Crippen MR) is 151 cm³/mol. The summed E-state index contributed by atoms with van der Waals surface area (Å²) in [5.74, 6) is -0.251. The Morgan fingerprint density at radius 2 is 1.83 bits per heavy atom. The molecule has 9 heteroatoms. The van der Waals surface area contributed by atoms with Crippen LogP contribution in [-0.4, -0.2) is 36.3 Å². The van der Waals surface area contributed by atoms with Crippen molar-refractivity contribution in [1.29, 1.82) is 0 Å². The van der Waals surface area contributed by atoms with Gasteiger partial charge in [0.25, 0.3) is 5.91 Å². The Labute approximate surface area is 230 Å². The van der Waals surface area contributed by atoms with Crippen molar-refractivity contribution in [2.24, 2.45) is 5.10 Å². The molecule has 3 aromatic carbocycles. The molecule has 0 saturated carbocycles. The third kappa shape index (κ3) is 6.27. The molecule has 0 aliphatic carbocycles. The lowest BCUT2D eigenvalue weighted by molar-refractivity contribution is -0.145. The van der Waals surface area contributed by atoms with Crippen molar-refractivity contribution in [2.75, 3.05) is 13.2 Å². The molecule has 1 amide bonds. The molecule has 0 aliphatic rings. The lowest BCUT2D eigenvalue weighted by atomic mass is 10.0. The van der Waals surface area contributed by atoms with Gasteiger partial charge in [-0.15, -0.1) is 0 Å². The number of benzene rings is 3. The summed E-state index contributed by atoms with van der Waals surface area (Å²) < 4.78 is 11.9. The van der Waals surface area contributed by atoms with Crippen LogP contribution >= 0.6 is 38.5 Å². The first kappa shape index (κ1) is 25.8. The number of hydrogen-bond donors (Lipinski definition) is 1. The van der Waals surface area contributed by atoms with E-state index in [1.54, 1.807) is 25.3 Å². The molecule has 0 fully saturated rings. The Hall–Kier alpha value is -3.31. The fraction of sp³-hybridized carbons (Fsp3) is 0.111. The van der Waals surface area contributed by atoms with Gasteiger partial charge in [0.2, 0.25) is 0 Å². The van der Waals surface area contributed by atoms with Crippen LogP contribution in [0, 0.1) is 3.57 Å². The Bertz CT molecular complexity index is 1420. The quantitative estimate of drug-likeness (QED) is 0.109. The number of carbonyl (C=O) groups excluding carboxylic acids is 2. The molecule has 0 radical (unpaired) electrons. The number of para-hydroxylation sites is 1. The normalized spacial score (nSPS) is 11.0. The molecule has 182 valence electrons. The molecule has 4 rings (SSSR count). The van der Waals surface area contributed by atoms with Crippen LogP contribution < -0.4 is 10.2 Å². The second kappa shape index (κ2) is 12.1. The Morgan fingerprint density at radius 1 is 1.08 bits per heavy atom. The molecule has 7 nitrogen and oxygen atoms in total. The van der Waals surface area contributed by atoms with Crippen LogP contribution in [0.5, 0.6) is 5.75 Å². The minimum absolute atomic E-state index is 0.184. The standard InChI is InChI=1S/C27H21BrIN3O4/c1-2-35-25(33)16-36-26-21(28)12-17(13-22(26)29)15-30-32-27(34)20-14-24(18-8-4-3-5-9-18)31-23-11-7-6-10-19(20)23/h3-15H,2,16H2,1H3,(H,32,34)/b30-15+. The summed E-state index contributed by atoms with van der Waals surface area (Å²) in [6, 6.07) is 22.6. The number of halogens is 2. The fourth-order valence-electron chi connectivity index (χ4n) is 3.47. The second-order valence-electron chi connectivity index (χ2n) is 7.54. The molecule has 1 N–H and O–H groups in total. The monoisotopic (exact) mass is 657 g/mol. The maximum Gasteiger partial charge on any atom is 0.344 e. The van der Waals surface area contributed by atoms with Gasteiger partial charge in [0, 0.05) is 10.9 Å². The highest BCUT2D eigenvalue weighted by atomic mass is 127. The van der Waals surface area contributed by atoms with E-state index in [0.717, 1.165) is 25.6 Å². The third-order valence-electron chi connectivity index (χ3n) is 5.07. The number of carbonyl (C=O) groups is 2. The molecule has 36 heavy (non-hydrogen) atoms. The van der Waals surface area contributed by atoms with E-state index < -0.39 is 5.97 Å². The Balaban J connectivity index is 1.53. The number of esters is 1. The number of hydrogen-bond acceptors (Lipinski definition) is 6. The van der Waals surface area contributed by atoms with Crippen molar-refractivity contribution in [3.05, 3.63) is 92.0 Å². The molecule has 0 bridgehead atoms. The van der Waals surface area contributed by atoms with E-state index in [2.05, 4.69) is 49.0 Å². The van der Waals surface area contributed by atoms with Crippen molar-refractivity contribution < 1.29 is 19.1 Å². The van der Waals surface area contributed by atoms with Gasteiger partial charge in [-0.2, -0.15) is 5.10 Å². The molecule has 1 heterocycles. The average Bonchev–Trinajstić information content (AvgIpc) is 2.88. The second-order valence-corrected chi connectivity index (χ2v) is 9.56. The lowest BCUT2D eigenvalue weighted by Crippen LogP contribution is -2.18. The topological polar surface area (TPSA) is 89.9 Å². The molecular formula is C27H21BrIN3O4. The summed E-state index contributed by atoms with van der Waals surface area (Å²) >= 11 is 5.57. The van der Waals surface area contributed by atoms with Gasteiger partial charge in [0.15, 0.2) is 6.61 Å². The minimum atomic E-state index is -0.437. The summed E-state index contributed by atoms with van der Waals surface area (Å²) in [6.45, 7) is 1.85. The molecule has 0 aliphatic heterocycles. The van der Waals surface area contributed by atoms with Gasteiger partial charge in [-0.3, -0.25) is 4.79 Å². The van der Waals surface area contributed by atoms with Gasteiger partial charge in [-0.05, 0) is 75.3 Å². The zero-order chi connectivity index (χ0) is 25.5. The smallest absolute Gasteiger partial charge is 0.344 e. The number of amides is 1. The first-order valence-electron chi connectivity index (χ1n) is 11.0. The number of nitrogens with one attached hydrogen (secondary N) is 1. The van der Waals surface area contributed by atoms with Gasteiger partial charge in [0.05, 0.1) is 37.6 Å². The molecule has 1 aromatic heterocycles.